The van der Waals surface area contributed by atoms with Gasteiger partial charge in [-0.1, -0.05) is 23.7 Å². The molecule has 8 heteroatoms. The van der Waals surface area contributed by atoms with Gasteiger partial charge in [-0.3, -0.25) is 9.69 Å². The van der Waals surface area contributed by atoms with Crippen LogP contribution in [0, 0.1) is 5.92 Å². The number of β-amino-alcohol motifs (C(OH)–C–C–N with tert-alkyl or cyclic N) is 1. The molecule has 0 bridgehead atoms. The maximum absolute atomic E-state index is 12.5. The quantitative estimate of drug-likeness (QED) is 0.670. The van der Waals surface area contributed by atoms with Crippen LogP contribution in [0.5, 0.6) is 0 Å². The average Bonchev–Trinajstić information content (AvgIpc) is 2.78. The van der Waals surface area contributed by atoms with E-state index in [2.05, 4.69) is 10.2 Å². The van der Waals surface area contributed by atoms with Crippen LogP contribution in [0.4, 0.5) is 0 Å². The van der Waals surface area contributed by atoms with Gasteiger partial charge in [0.2, 0.25) is 5.91 Å². The van der Waals surface area contributed by atoms with Gasteiger partial charge < -0.3 is 24.6 Å². The standard InChI is InChI=1S/C24H35ClN2O5/c25-19-3-1-17(2-4-19)12-26-24(29)11-21-5-6-22-23(32-21)16-31-15-20(28)14-27(22)13-18-7-9-30-10-8-18/h1-4,18,20-23,28H,5-16H2,(H,26,29)/t20-,21-,22+,23-/m0/s1. The summed E-state index contributed by atoms with van der Waals surface area (Å²) in [6.07, 6.45) is 3.58. The van der Waals surface area contributed by atoms with Gasteiger partial charge >= 0.3 is 0 Å². The first kappa shape index (κ1) is 23.9. The first-order valence-electron chi connectivity index (χ1n) is 11.8. The normalized spacial score (nSPS) is 30.2. The summed E-state index contributed by atoms with van der Waals surface area (Å²) in [5.41, 5.74) is 1.02. The fourth-order valence-electron chi connectivity index (χ4n) is 5.00. The number of fused-ring (bicyclic) bond motifs is 1. The number of aliphatic hydroxyl groups excluding tert-OH is 1. The first-order valence-corrected chi connectivity index (χ1v) is 12.2. The molecule has 3 saturated heterocycles. The number of ether oxygens (including phenoxy) is 3. The highest BCUT2D eigenvalue weighted by molar-refractivity contribution is 6.30. The van der Waals surface area contributed by atoms with Gasteiger partial charge in [0.25, 0.3) is 0 Å². The molecule has 0 saturated carbocycles. The van der Waals surface area contributed by atoms with Crippen LogP contribution in [0.15, 0.2) is 24.3 Å². The molecule has 3 aliphatic rings. The summed E-state index contributed by atoms with van der Waals surface area (Å²) in [7, 11) is 0. The largest absolute Gasteiger partial charge is 0.389 e. The second-order valence-corrected chi connectivity index (χ2v) is 9.69. The summed E-state index contributed by atoms with van der Waals surface area (Å²) in [5.74, 6) is 0.581. The highest BCUT2D eigenvalue weighted by Crippen LogP contribution is 2.29. The van der Waals surface area contributed by atoms with Crippen molar-refractivity contribution in [1.29, 1.82) is 0 Å². The predicted molar refractivity (Wildman–Crippen MR) is 122 cm³/mol. The Kier molecular flexibility index (Phi) is 8.80. The van der Waals surface area contributed by atoms with Crippen molar-refractivity contribution in [3.8, 4) is 0 Å². The van der Waals surface area contributed by atoms with Gasteiger partial charge in [0.15, 0.2) is 0 Å². The van der Waals surface area contributed by atoms with Gasteiger partial charge in [0.1, 0.15) is 0 Å². The summed E-state index contributed by atoms with van der Waals surface area (Å²) in [6.45, 7) is 4.46. The van der Waals surface area contributed by atoms with Crippen molar-refractivity contribution >= 4 is 17.5 Å². The molecule has 0 unspecified atom stereocenters. The monoisotopic (exact) mass is 466 g/mol. The van der Waals surface area contributed by atoms with Gasteiger partial charge in [0, 0.05) is 43.9 Å². The number of hydrogen-bond donors (Lipinski definition) is 2. The smallest absolute Gasteiger partial charge is 0.222 e. The molecular formula is C24H35ClN2O5. The van der Waals surface area contributed by atoms with Gasteiger partial charge in [-0.05, 0) is 49.3 Å². The SMILES string of the molecule is O=C(C[C@@H]1CC[C@@H]2[C@H](COC[C@@H](O)CN2CC2CCOCC2)O1)NCc1ccc(Cl)cc1. The number of hydrogen-bond acceptors (Lipinski definition) is 6. The van der Waals surface area contributed by atoms with Crippen LogP contribution in [-0.2, 0) is 25.5 Å². The molecule has 32 heavy (non-hydrogen) atoms. The number of nitrogens with zero attached hydrogens (tertiary/aromatic N) is 1. The molecule has 3 fully saturated rings. The van der Waals surface area contributed by atoms with E-state index in [-0.39, 0.29) is 24.2 Å². The fraction of sp³-hybridized carbons (Fsp3) is 0.708. The van der Waals surface area contributed by atoms with E-state index >= 15 is 0 Å². The Morgan fingerprint density at radius 3 is 2.66 bits per heavy atom. The molecule has 2 N–H and O–H groups in total. The van der Waals surface area contributed by atoms with E-state index in [0.29, 0.717) is 43.7 Å². The van der Waals surface area contributed by atoms with Gasteiger partial charge in [-0.2, -0.15) is 0 Å². The van der Waals surface area contributed by atoms with Crippen molar-refractivity contribution in [2.45, 2.75) is 63.0 Å². The fourth-order valence-corrected chi connectivity index (χ4v) is 5.12. The molecule has 7 nitrogen and oxygen atoms in total. The van der Waals surface area contributed by atoms with E-state index in [4.69, 9.17) is 25.8 Å². The summed E-state index contributed by atoms with van der Waals surface area (Å²) < 4.78 is 17.6. The molecule has 0 spiro atoms. The highest BCUT2D eigenvalue weighted by Gasteiger charge is 2.38. The van der Waals surface area contributed by atoms with Gasteiger partial charge in [-0.15, -0.1) is 0 Å². The van der Waals surface area contributed by atoms with Crippen molar-refractivity contribution in [2.24, 2.45) is 5.92 Å². The Morgan fingerprint density at radius 2 is 1.88 bits per heavy atom. The average molecular weight is 467 g/mol. The summed E-state index contributed by atoms with van der Waals surface area (Å²) in [6, 6.07) is 7.69. The first-order chi connectivity index (χ1) is 15.6. The van der Waals surface area contributed by atoms with E-state index in [1.807, 2.05) is 24.3 Å². The van der Waals surface area contributed by atoms with Crippen molar-refractivity contribution < 1.29 is 24.1 Å². The molecule has 4 atom stereocenters. The van der Waals surface area contributed by atoms with Crippen LogP contribution < -0.4 is 5.32 Å². The Labute approximate surface area is 195 Å². The lowest BCUT2D eigenvalue weighted by molar-refractivity contribution is -0.159. The number of rotatable bonds is 6. The van der Waals surface area contributed by atoms with Crippen molar-refractivity contribution in [3.63, 3.8) is 0 Å². The minimum atomic E-state index is -0.479. The van der Waals surface area contributed by atoms with Crippen LogP contribution in [-0.4, -0.2) is 79.8 Å². The number of benzene rings is 1. The second-order valence-electron chi connectivity index (χ2n) is 9.25. The lowest BCUT2D eigenvalue weighted by Crippen LogP contribution is -2.57. The minimum absolute atomic E-state index is 0.00959. The topological polar surface area (TPSA) is 80.3 Å². The predicted octanol–water partition coefficient (Wildman–Crippen LogP) is 2.38. The third-order valence-corrected chi connectivity index (χ3v) is 6.99. The van der Waals surface area contributed by atoms with Gasteiger partial charge in [-0.25, -0.2) is 0 Å². The van der Waals surface area contributed by atoms with Crippen molar-refractivity contribution in [2.75, 3.05) is 39.5 Å². The van der Waals surface area contributed by atoms with Crippen LogP contribution in [0.1, 0.15) is 37.7 Å². The third kappa shape index (κ3) is 6.89. The molecule has 4 rings (SSSR count). The number of carbonyl (C=O) groups excluding carboxylic acids is 1. The van der Waals surface area contributed by atoms with Crippen LogP contribution in [0.2, 0.25) is 5.02 Å². The molecule has 3 aliphatic heterocycles. The van der Waals surface area contributed by atoms with Crippen LogP contribution >= 0.6 is 11.6 Å². The number of amides is 1. The summed E-state index contributed by atoms with van der Waals surface area (Å²) in [4.78, 5) is 14.9. The number of aliphatic hydroxyl groups is 1. The zero-order valence-corrected chi connectivity index (χ0v) is 19.3. The third-order valence-electron chi connectivity index (χ3n) is 6.74. The molecule has 0 aromatic heterocycles. The zero-order chi connectivity index (χ0) is 22.3. The number of carbonyl (C=O) groups is 1. The lowest BCUT2D eigenvalue weighted by atomic mass is 9.92. The zero-order valence-electron chi connectivity index (χ0n) is 18.6. The minimum Gasteiger partial charge on any atom is -0.389 e. The second kappa shape index (κ2) is 11.8. The van der Waals surface area contributed by atoms with Gasteiger partial charge in [0.05, 0.1) is 37.9 Å². The Bertz CT molecular complexity index is 728. The van der Waals surface area contributed by atoms with E-state index in [1.54, 1.807) is 0 Å². The molecule has 0 aliphatic carbocycles. The van der Waals surface area contributed by atoms with E-state index in [0.717, 1.165) is 51.0 Å². The molecule has 0 radical (unpaired) electrons. The van der Waals surface area contributed by atoms with Crippen LogP contribution in [0.3, 0.4) is 0 Å². The van der Waals surface area contributed by atoms with E-state index < -0.39 is 6.10 Å². The van der Waals surface area contributed by atoms with Crippen LogP contribution in [0.25, 0.3) is 0 Å². The van der Waals surface area contributed by atoms with Crippen molar-refractivity contribution in [3.05, 3.63) is 34.9 Å². The molecule has 3 heterocycles. The number of halogens is 1. The molecule has 1 amide bonds. The van der Waals surface area contributed by atoms with Crippen molar-refractivity contribution in [1.82, 2.24) is 10.2 Å². The van der Waals surface area contributed by atoms with E-state index in [9.17, 15) is 9.90 Å². The lowest BCUT2D eigenvalue weighted by Gasteiger charge is -2.45. The maximum atomic E-state index is 12.5. The summed E-state index contributed by atoms with van der Waals surface area (Å²) >= 11 is 5.92. The molecule has 178 valence electrons. The maximum Gasteiger partial charge on any atom is 0.222 e. The Hall–Kier alpha value is -1.22. The molecule has 1 aromatic rings. The Morgan fingerprint density at radius 1 is 1.09 bits per heavy atom. The van der Waals surface area contributed by atoms with E-state index in [1.165, 1.54) is 0 Å². The Balaban J connectivity index is 1.29. The summed E-state index contributed by atoms with van der Waals surface area (Å²) in [5, 5.41) is 14.0. The highest BCUT2D eigenvalue weighted by atomic mass is 35.5. The molecule has 1 aromatic carbocycles. The number of nitrogens with one attached hydrogen (secondary N) is 1. The molecular weight excluding hydrogens is 432 g/mol.